The average Bonchev–Trinajstić information content (AvgIpc) is 3.27. The Hall–Kier alpha value is -2.75. The van der Waals surface area contributed by atoms with Crippen molar-refractivity contribution < 1.29 is 22.3 Å². The number of carbonyl (C=O) groups is 1. The minimum atomic E-state index is -3.93. The predicted molar refractivity (Wildman–Crippen MR) is 118 cm³/mol. The number of hydrogen-bond acceptors (Lipinski definition) is 5. The van der Waals surface area contributed by atoms with Gasteiger partial charge in [-0.25, -0.2) is 12.8 Å². The van der Waals surface area contributed by atoms with Crippen LogP contribution in [0, 0.1) is 5.82 Å². The Kier molecular flexibility index (Phi) is 7.42. The van der Waals surface area contributed by atoms with Gasteiger partial charge in [-0.3, -0.25) is 4.79 Å². The number of nitrogens with zero attached hydrogens (tertiary/aromatic N) is 2. The van der Waals surface area contributed by atoms with Crippen molar-refractivity contribution in [2.24, 2.45) is 0 Å². The Morgan fingerprint density at radius 1 is 1.03 bits per heavy atom. The lowest BCUT2D eigenvalue weighted by molar-refractivity contribution is -0.132. The minimum Gasteiger partial charge on any atom is -0.496 e. The summed E-state index contributed by atoms with van der Waals surface area (Å²) in [6.45, 7) is 0.268. The smallest absolute Gasteiger partial charge is 0.243 e. The molecule has 0 spiro atoms. The fraction of sp³-hybridized carbons (Fsp3) is 0.227. The van der Waals surface area contributed by atoms with Gasteiger partial charge in [-0.15, -0.1) is 11.3 Å². The second-order valence-corrected chi connectivity index (χ2v) is 9.93. The molecule has 0 aliphatic rings. The van der Waals surface area contributed by atoms with E-state index < -0.39 is 15.8 Å². The normalized spacial score (nSPS) is 11.5. The van der Waals surface area contributed by atoms with Gasteiger partial charge in [-0.05, 0) is 41.8 Å². The predicted octanol–water partition coefficient (Wildman–Crippen LogP) is 3.75. The van der Waals surface area contributed by atoms with Crippen LogP contribution in [0.25, 0.3) is 0 Å². The van der Waals surface area contributed by atoms with Crippen LogP contribution in [0.1, 0.15) is 10.4 Å². The SMILES string of the molecule is COc1ccccc1CN(Cc1cccs1)C(=O)CN(C)S(=O)(=O)c1ccc(F)cc1. The summed E-state index contributed by atoms with van der Waals surface area (Å²) in [5, 5.41) is 1.92. The van der Waals surface area contributed by atoms with Crippen LogP contribution in [0.15, 0.2) is 70.9 Å². The summed E-state index contributed by atoms with van der Waals surface area (Å²) in [7, 11) is -1.04. The fourth-order valence-corrected chi connectivity index (χ4v) is 4.86. The van der Waals surface area contributed by atoms with Crippen molar-refractivity contribution in [1.82, 2.24) is 9.21 Å². The zero-order valence-electron chi connectivity index (χ0n) is 17.2. The molecular formula is C22H23FN2O4S2. The molecule has 0 aliphatic heterocycles. The number of likely N-dealkylation sites (N-methyl/N-ethyl adjacent to an activating group) is 1. The van der Waals surface area contributed by atoms with Crippen molar-refractivity contribution in [1.29, 1.82) is 0 Å². The number of halogens is 1. The van der Waals surface area contributed by atoms with Gasteiger partial charge >= 0.3 is 0 Å². The molecular weight excluding hydrogens is 439 g/mol. The van der Waals surface area contributed by atoms with E-state index in [4.69, 9.17) is 4.74 Å². The van der Waals surface area contributed by atoms with Gasteiger partial charge in [0.25, 0.3) is 0 Å². The van der Waals surface area contributed by atoms with Crippen molar-refractivity contribution in [3.63, 3.8) is 0 Å². The van der Waals surface area contributed by atoms with E-state index >= 15 is 0 Å². The first-order chi connectivity index (χ1) is 14.8. The Balaban J connectivity index is 1.81. The summed E-state index contributed by atoms with van der Waals surface area (Å²) >= 11 is 1.52. The number of amides is 1. The molecule has 164 valence electrons. The number of hydrogen-bond donors (Lipinski definition) is 0. The molecule has 3 aromatic rings. The molecule has 0 aliphatic carbocycles. The number of carbonyl (C=O) groups excluding carboxylic acids is 1. The van der Waals surface area contributed by atoms with Crippen LogP contribution in [0.5, 0.6) is 5.75 Å². The molecule has 1 aromatic heterocycles. The first kappa shape index (κ1) is 22.9. The lowest BCUT2D eigenvalue weighted by Gasteiger charge is -2.26. The number of rotatable bonds is 9. The Labute approximate surface area is 185 Å². The van der Waals surface area contributed by atoms with Crippen molar-refractivity contribution in [3.8, 4) is 5.75 Å². The summed E-state index contributed by atoms with van der Waals surface area (Å²) in [4.78, 5) is 15.6. The summed E-state index contributed by atoms with van der Waals surface area (Å²) < 4.78 is 45.1. The van der Waals surface area contributed by atoms with Gasteiger partial charge in [-0.2, -0.15) is 4.31 Å². The van der Waals surface area contributed by atoms with E-state index in [1.165, 1.54) is 30.5 Å². The zero-order chi connectivity index (χ0) is 22.4. The highest BCUT2D eigenvalue weighted by molar-refractivity contribution is 7.89. The molecule has 0 bridgehead atoms. The van der Waals surface area contributed by atoms with Crippen LogP contribution in [-0.4, -0.2) is 44.2 Å². The van der Waals surface area contributed by atoms with Gasteiger partial charge in [0.2, 0.25) is 15.9 Å². The maximum absolute atomic E-state index is 13.2. The molecule has 6 nitrogen and oxygen atoms in total. The number of benzene rings is 2. The molecule has 1 heterocycles. The van der Waals surface area contributed by atoms with Gasteiger partial charge in [0.1, 0.15) is 11.6 Å². The van der Waals surface area contributed by atoms with Gasteiger partial charge in [0.05, 0.1) is 25.1 Å². The minimum absolute atomic E-state index is 0.0706. The van der Waals surface area contributed by atoms with Crippen LogP contribution in [-0.2, 0) is 27.9 Å². The maximum atomic E-state index is 13.2. The van der Waals surface area contributed by atoms with Crippen LogP contribution in [0.2, 0.25) is 0 Å². The summed E-state index contributed by atoms with van der Waals surface area (Å²) in [5.74, 6) is -0.233. The van der Waals surface area contributed by atoms with Crippen molar-refractivity contribution in [3.05, 3.63) is 82.3 Å². The molecule has 0 saturated carbocycles. The highest BCUT2D eigenvalue weighted by Gasteiger charge is 2.26. The van der Waals surface area contributed by atoms with E-state index in [0.717, 1.165) is 26.9 Å². The Morgan fingerprint density at radius 3 is 2.39 bits per heavy atom. The monoisotopic (exact) mass is 462 g/mol. The largest absolute Gasteiger partial charge is 0.496 e. The van der Waals surface area contributed by atoms with E-state index in [9.17, 15) is 17.6 Å². The van der Waals surface area contributed by atoms with Crippen molar-refractivity contribution in [2.75, 3.05) is 20.7 Å². The van der Waals surface area contributed by atoms with Gasteiger partial charge < -0.3 is 9.64 Å². The van der Waals surface area contributed by atoms with Crippen molar-refractivity contribution in [2.45, 2.75) is 18.0 Å². The third kappa shape index (κ3) is 5.69. The number of thiophene rings is 1. The maximum Gasteiger partial charge on any atom is 0.243 e. The van der Waals surface area contributed by atoms with E-state index in [1.807, 2.05) is 41.8 Å². The van der Waals surface area contributed by atoms with Gasteiger partial charge in [0, 0.05) is 24.0 Å². The number of methoxy groups -OCH3 is 1. The zero-order valence-corrected chi connectivity index (χ0v) is 18.8. The summed E-state index contributed by atoms with van der Waals surface area (Å²) in [6, 6.07) is 15.7. The van der Waals surface area contributed by atoms with Crippen LogP contribution < -0.4 is 4.74 Å². The van der Waals surface area contributed by atoms with Crippen LogP contribution >= 0.6 is 11.3 Å². The first-order valence-electron chi connectivity index (χ1n) is 9.45. The topological polar surface area (TPSA) is 66.9 Å². The highest BCUT2D eigenvalue weighted by Crippen LogP contribution is 2.22. The molecule has 0 unspecified atom stereocenters. The number of sulfonamides is 1. The summed E-state index contributed by atoms with van der Waals surface area (Å²) in [6.07, 6.45) is 0. The van der Waals surface area contributed by atoms with E-state index in [0.29, 0.717) is 12.3 Å². The second kappa shape index (κ2) is 10.0. The molecule has 31 heavy (non-hydrogen) atoms. The van der Waals surface area contributed by atoms with Crippen LogP contribution in [0.3, 0.4) is 0 Å². The van der Waals surface area contributed by atoms with E-state index in [2.05, 4.69) is 0 Å². The molecule has 0 N–H and O–H groups in total. The third-order valence-electron chi connectivity index (χ3n) is 4.71. The van der Waals surface area contributed by atoms with E-state index in [-0.39, 0.29) is 23.9 Å². The fourth-order valence-electron chi connectivity index (χ4n) is 3.02. The van der Waals surface area contributed by atoms with E-state index in [1.54, 1.807) is 12.0 Å². The summed E-state index contributed by atoms with van der Waals surface area (Å²) in [5.41, 5.74) is 0.818. The molecule has 3 rings (SSSR count). The Morgan fingerprint density at radius 2 is 1.74 bits per heavy atom. The third-order valence-corrected chi connectivity index (χ3v) is 7.39. The van der Waals surface area contributed by atoms with Gasteiger partial charge in [-0.1, -0.05) is 24.3 Å². The van der Waals surface area contributed by atoms with Crippen LogP contribution in [0.4, 0.5) is 4.39 Å². The number of ether oxygens (including phenoxy) is 1. The lowest BCUT2D eigenvalue weighted by atomic mass is 10.2. The molecule has 0 atom stereocenters. The first-order valence-corrected chi connectivity index (χ1v) is 11.8. The molecule has 1 amide bonds. The quantitative estimate of drug-likeness (QED) is 0.486. The van der Waals surface area contributed by atoms with Gasteiger partial charge in [0.15, 0.2) is 0 Å². The van der Waals surface area contributed by atoms with Crippen molar-refractivity contribution >= 4 is 27.3 Å². The molecule has 0 radical (unpaired) electrons. The number of para-hydroxylation sites is 1. The molecule has 0 saturated heterocycles. The lowest BCUT2D eigenvalue weighted by Crippen LogP contribution is -2.40. The second-order valence-electron chi connectivity index (χ2n) is 6.86. The Bertz CT molecular complexity index is 1120. The molecule has 0 fully saturated rings. The molecule has 9 heteroatoms. The molecule has 2 aromatic carbocycles. The standard InChI is InChI=1S/C22H23FN2O4S2/c1-24(31(27,28)20-11-9-18(23)10-12-20)16-22(26)25(15-19-7-5-13-30-19)14-17-6-3-4-8-21(17)29-2/h3-13H,14-16H2,1-2H3. The highest BCUT2D eigenvalue weighted by atomic mass is 32.2. The average molecular weight is 463 g/mol.